The van der Waals surface area contributed by atoms with Crippen molar-refractivity contribution in [1.29, 1.82) is 0 Å². The normalized spacial score (nSPS) is 16.5. The van der Waals surface area contributed by atoms with E-state index < -0.39 is 5.97 Å². The third-order valence-corrected chi connectivity index (χ3v) is 5.72. The molecule has 6 nitrogen and oxygen atoms in total. The van der Waals surface area contributed by atoms with E-state index in [1.807, 2.05) is 19.2 Å². The third kappa shape index (κ3) is 4.13. The van der Waals surface area contributed by atoms with Crippen LogP contribution in [0.25, 0.3) is 0 Å². The highest BCUT2D eigenvalue weighted by molar-refractivity contribution is 7.09. The van der Waals surface area contributed by atoms with Gasteiger partial charge in [0.2, 0.25) is 0 Å². The van der Waals surface area contributed by atoms with Gasteiger partial charge in [-0.15, -0.1) is 11.3 Å². The molecule has 1 atom stereocenters. The minimum absolute atomic E-state index is 0.0257. The van der Waals surface area contributed by atoms with Crippen molar-refractivity contribution in [2.45, 2.75) is 45.6 Å². The summed E-state index contributed by atoms with van der Waals surface area (Å²) in [4.78, 5) is 31.3. The molecule has 0 unspecified atom stereocenters. The lowest BCUT2D eigenvalue weighted by Crippen LogP contribution is -2.31. The Morgan fingerprint density at radius 3 is 2.81 bits per heavy atom. The number of benzene rings is 1. The molecule has 1 aromatic carbocycles. The number of carbonyl (C=O) groups is 2. The van der Waals surface area contributed by atoms with Gasteiger partial charge in [-0.05, 0) is 38.3 Å². The number of aryl methyl sites for hydroxylation is 1. The molecule has 1 fully saturated rings. The van der Waals surface area contributed by atoms with E-state index in [9.17, 15) is 14.7 Å². The summed E-state index contributed by atoms with van der Waals surface area (Å²) in [6.45, 7) is 4.99. The molecule has 1 N–H and O–H groups in total. The fourth-order valence-corrected chi connectivity index (χ4v) is 4.24. The smallest absolute Gasteiger partial charge is 0.339 e. The molecule has 0 spiro atoms. The maximum atomic E-state index is 13.3. The number of likely N-dealkylation sites (tertiary alicyclic amines) is 1. The molecular formula is C20H24N2O4S. The molecule has 144 valence electrons. The van der Waals surface area contributed by atoms with Gasteiger partial charge in [-0.2, -0.15) is 0 Å². The van der Waals surface area contributed by atoms with Crippen molar-refractivity contribution in [3.63, 3.8) is 0 Å². The fourth-order valence-electron chi connectivity index (χ4n) is 3.29. The average molecular weight is 388 g/mol. The Morgan fingerprint density at radius 1 is 1.37 bits per heavy atom. The molecule has 1 aliphatic heterocycles. The summed E-state index contributed by atoms with van der Waals surface area (Å²) in [5.41, 5.74) is 1.29. The molecule has 0 saturated carbocycles. The maximum Gasteiger partial charge on any atom is 0.339 e. The van der Waals surface area contributed by atoms with Crippen molar-refractivity contribution in [3.8, 4) is 5.75 Å². The number of aromatic carboxylic acids is 1. The van der Waals surface area contributed by atoms with Crippen LogP contribution in [0, 0.1) is 6.92 Å². The van der Waals surface area contributed by atoms with Gasteiger partial charge in [-0.3, -0.25) is 4.79 Å². The van der Waals surface area contributed by atoms with Crippen molar-refractivity contribution < 1.29 is 19.4 Å². The summed E-state index contributed by atoms with van der Waals surface area (Å²) < 4.78 is 5.75. The second-order valence-corrected chi connectivity index (χ2v) is 7.56. The van der Waals surface area contributed by atoms with Crippen LogP contribution < -0.4 is 4.74 Å². The molecule has 3 rings (SSSR count). The predicted octanol–water partition coefficient (Wildman–Crippen LogP) is 4.31. The first-order valence-corrected chi connectivity index (χ1v) is 10.1. The number of thiazole rings is 1. The quantitative estimate of drug-likeness (QED) is 0.715. The average Bonchev–Trinajstić information content (AvgIpc) is 3.30. The summed E-state index contributed by atoms with van der Waals surface area (Å²) in [6.07, 6.45) is 3.49. The van der Waals surface area contributed by atoms with Crippen molar-refractivity contribution in [1.82, 2.24) is 9.88 Å². The number of carbonyl (C=O) groups excluding carboxylic acids is 1. The first-order valence-electron chi connectivity index (χ1n) is 9.25. The van der Waals surface area contributed by atoms with Crippen LogP contribution in [0.15, 0.2) is 23.6 Å². The highest BCUT2D eigenvalue weighted by atomic mass is 32.1. The van der Waals surface area contributed by atoms with Crippen LogP contribution in [0.1, 0.15) is 70.1 Å². The summed E-state index contributed by atoms with van der Waals surface area (Å²) in [5, 5.41) is 12.4. The van der Waals surface area contributed by atoms with Gasteiger partial charge in [0.1, 0.15) is 16.3 Å². The van der Waals surface area contributed by atoms with Crippen molar-refractivity contribution in [3.05, 3.63) is 45.4 Å². The zero-order valence-electron chi connectivity index (χ0n) is 15.6. The molecule has 1 amide bonds. The van der Waals surface area contributed by atoms with Gasteiger partial charge >= 0.3 is 5.97 Å². The number of unbranched alkanes of at least 4 members (excludes halogenated alkanes) is 1. The highest BCUT2D eigenvalue weighted by Gasteiger charge is 2.34. The SMILES string of the molecule is CCCCOc1c(C(=O)O)cccc1C(=O)N1CCC[C@@H]1c1nc(C)cs1. The molecule has 2 aromatic rings. The second kappa shape index (κ2) is 8.52. The van der Waals surface area contributed by atoms with Gasteiger partial charge in [0, 0.05) is 17.6 Å². The zero-order chi connectivity index (χ0) is 19.4. The fraction of sp³-hybridized carbons (Fsp3) is 0.450. The monoisotopic (exact) mass is 388 g/mol. The lowest BCUT2D eigenvalue weighted by molar-refractivity contribution is 0.0691. The number of carboxylic acid groups (broad SMARTS) is 1. The van der Waals surface area contributed by atoms with E-state index >= 15 is 0 Å². The molecule has 2 heterocycles. The highest BCUT2D eigenvalue weighted by Crippen LogP contribution is 2.36. The van der Waals surface area contributed by atoms with Crippen LogP contribution in [0.3, 0.4) is 0 Å². The zero-order valence-corrected chi connectivity index (χ0v) is 16.4. The van der Waals surface area contributed by atoms with Crippen LogP contribution in [0.2, 0.25) is 0 Å². The second-order valence-electron chi connectivity index (χ2n) is 6.67. The molecule has 7 heteroatoms. The Hall–Kier alpha value is -2.41. The van der Waals surface area contributed by atoms with E-state index in [0.717, 1.165) is 36.4 Å². The van der Waals surface area contributed by atoms with Gasteiger partial charge in [-0.1, -0.05) is 19.4 Å². The van der Waals surface area contributed by atoms with Gasteiger partial charge in [0.15, 0.2) is 0 Å². The summed E-state index contributed by atoms with van der Waals surface area (Å²) >= 11 is 1.56. The standard InChI is InChI=1S/C20H24N2O4S/c1-3-4-11-26-17-14(7-5-8-15(17)20(24)25)19(23)22-10-6-9-16(22)18-21-13(2)12-27-18/h5,7-8,12,16H,3-4,6,9-11H2,1-2H3,(H,24,25)/t16-/m1/s1. The molecule has 1 saturated heterocycles. The first-order chi connectivity index (χ1) is 13.0. The van der Waals surface area contributed by atoms with E-state index in [4.69, 9.17) is 4.74 Å². The molecule has 0 aliphatic carbocycles. The minimum Gasteiger partial charge on any atom is -0.492 e. The maximum absolute atomic E-state index is 13.3. The number of nitrogens with zero attached hydrogens (tertiary/aromatic N) is 2. The van der Waals surface area contributed by atoms with E-state index in [1.165, 1.54) is 6.07 Å². The van der Waals surface area contributed by atoms with Gasteiger partial charge < -0.3 is 14.7 Å². The number of hydrogen-bond acceptors (Lipinski definition) is 5. The van der Waals surface area contributed by atoms with Crippen molar-refractivity contribution >= 4 is 23.2 Å². The van der Waals surface area contributed by atoms with Gasteiger partial charge in [0.05, 0.1) is 18.2 Å². The molecule has 27 heavy (non-hydrogen) atoms. The lowest BCUT2D eigenvalue weighted by atomic mass is 10.1. The van der Waals surface area contributed by atoms with Crippen molar-refractivity contribution in [2.75, 3.05) is 13.2 Å². The number of carboxylic acids is 1. The van der Waals surface area contributed by atoms with Gasteiger partial charge in [-0.25, -0.2) is 9.78 Å². The Balaban J connectivity index is 1.93. The Morgan fingerprint density at radius 2 is 2.15 bits per heavy atom. The number of rotatable bonds is 7. The Kier molecular flexibility index (Phi) is 6.11. The minimum atomic E-state index is -1.09. The van der Waals surface area contributed by atoms with E-state index in [1.54, 1.807) is 28.4 Å². The number of ether oxygens (including phenoxy) is 1. The van der Waals surface area contributed by atoms with Crippen LogP contribution in [-0.2, 0) is 0 Å². The summed E-state index contributed by atoms with van der Waals surface area (Å²) in [7, 11) is 0. The number of hydrogen-bond donors (Lipinski definition) is 1. The molecular weight excluding hydrogens is 364 g/mol. The number of para-hydroxylation sites is 1. The van der Waals surface area contributed by atoms with Crippen LogP contribution in [0.5, 0.6) is 5.75 Å². The Bertz CT molecular complexity index is 833. The third-order valence-electron chi connectivity index (χ3n) is 4.66. The summed E-state index contributed by atoms with van der Waals surface area (Å²) in [5.74, 6) is -1.12. The topological polar surface area (TPSA) is 79.7 Å². The molecule has 0 bridgehead atoms. The largest absolute Gasteiger partial charge is 0.492 e. The van der Waals surface area contributed by atoms with Crippen LogP contribution >= 0.6 is 11.3 Å². The van der Waals surface area contributed by atoms with Crippen molar-refractivity contribution in [2.24, 2.45) is 0 Å². The van der Waals surface area contributed by atoms with E-state index in [0.29, 0.717) is 18.7 Å². The van der Waals surface area contributed by atoms with E-state index in [-0.39, 0.29) is 23.3 Å². The number of amides is 1. The summed E-state index contributed by atoms with van der Waals surface area (Å²) in [6, 6.07) is 4.67. The predicted molar refractivity (Wildman–Crippen MR) is 104 cm³/mol. The van der Waals surface area contributed by atoms with Crippen LogP contribution in [-0.4, -0.2) is 40.0 Å². The van der Waals surface area contributed by atoms with Crippen LogP contribution in [0.4, 0.5) is 0 Å². The molecule has 1 aromatic heterocycles. The molecule has 0 radical (unpaired) electrons. The number of aromatic nitrogens is 1. The lowest BCUT2D eigenvalue weighted by Gasteiger charge is -2.24. The van der Waals surface area contributed by atoms with Gasteiger partial charge in [0.25, 0.3) is 5.91 Å². The van der Waals surface area contributed by atoms with E-state index in [2.05, 4.69) is 4.98 Å². The first kappa shape index (κ1) is 19.4. The Labute approximate surface area is 162 Å². The molecule has 1 aliphatic rings.